The fourth-order valence-electron chi connectivity index (χ4n) is 2.77. The number of carbonyl (C=O) groups excluding carboxylic acids is 1. The molecule has 3 aromatic carbocycles. The van der Waals surface area contributed by atoms with Gasteiger partial charge in [0.25, 0.3) is 0 Å². The van der Waals surface area contributed by atoms with E-state index in [1.165, 1.54) is 4.31 Å². The van der Waals surface area contributed by atoms with E-state index in [-0.39, 0.29) is 18.0 Å². The second-order valence-electron chi connectivity index (χ2n) is 6.77. The number of hydrogen-bond acceptors (Lipinski definition) is 3. The van der Waals surface area contributed by atoms with E-state index in [1.54, 1.807) is 36.4 Å². The molecular formula is C22H20BrIN2O3S. The molecule has 0 saturated carbocycles. The molecule has 0 atom stereocenters. The smallest absolute Gasteiger partial charge is 0.243 e. The van der Waals surface area contributed by atoms with Gasteiger partial charge in [0.15, 0.2) is 0 Å². The van der Waals surface area contributed by atoms with Gasteiger partial charge in [0, 0.05) is 20.3 Å². The first-order chi connectivity index (χ1) is 14.2. The lowest BCUT2D eigenvalue weighted by Crippen LogP contribution is -2.37. The van der Waals surface area contributed by atoms with Crippen molar-refractivity contribution < 1.29 is 13.2 Å². The molecule has 0 aliphatic rings. The van der Waals surface area contributed by atoms with Crippen molar-refractivity contribution in [3.8, 4) is 0 Å². The molecule has 1 N–H and O–H groups in total. The number of amides is 1. The van der Waals surface area contributed by atoms with E-state index in [0.29, 0.717) is 5.69 Å². The molecule has 0 saturated heterocycles. The van der Waals surface area contributed by atoms with Crippen molar-refractivity contribution >= 4 is 60.1 Å². The first-order valence-corrected chi connectivity index (χ1v) is 12.4. The topological polar surface area (TPSA) is 66.5 Å². The summed E-state index contributed by atoms with van der Waals surface area (Å²) in [5.41, 5.74) is 2.37. The van der Waals surface area contributed by atoms with Crippen molar-refractivity contribution in [3.05, 3.63) is 92.0 Å². The van der Waals surface area contributed by atoms with Crippen LogP contribution in [-0.2, 0) is 21.4 Å². The van der Waals surface area contributed by atoms with Gasteiger partial charge in [-0.25, -0.2) is 8.42 Å². The van der Waals surface area contributed by atoms with Crippen molar-refractivity contribution in [1.82, 2.24) is 4.31 Å². The summed E-state index contributed by atoms with van der Waals surface area (Å²) in [6, 6.07) is 21.3. The molecule has 3 rings (SSSR count). The normalized spacial score (nSPS) is 11.5. The summed E-state index contributed by atoms with van der Waals surface area (Å²) < 4.78 is 29.7. The summed E-state index contributed by atoms with van der Waals surface area (Å²) in [5, 5.41) is 2.77. The Hall–Kier alpha value is -1.75. The number of carbonyl (C=O) groups is 1. The average Bonchev–Trinajstić information content (AvgIpc) is 2.71. The molecule has 0 aliphatic carbocycles. The lowest BCUT2D eigenvalue weighted by Gasteiger charge is -2.22. The fourth-order valence-corrected chi connectivity index (χ4v) is 4.78. The van der Waals surface area contributed by atoms with Crippen molar-refractivity contribution in [3.63, 3.8) is 0 Å². The van der Waals surface area contributed by atoms with E-state index in [1.807, 2.05) is 43.3 Å². The Kier molecular flexibility index (Phi) is 7.67. The fraction of sp³-hybridized carbons (Fsp3) is 0.136. The van der Waals surface area contributed by atoms with E-state index in [9.17, 15) is 13.2 Å². The first-order valence-electron chi connectivity index (χ1n) is 9.11. The minimum atomic E-state index is -3.86. The van der Waals surface area contributed by atoms with E-state index in [4.69, 9.17) is 0 Å². The van der Waals surface area contributed by atoms with E-state index < -0.39 is 15.9 Å². The molecule has 3 aromatic rings. The zero-order chi connectivity index (χ0) is 21.7. The Bertz CT molecular complexity index is 1120. The molecule has 8 heteroatoms. The molecule has 5 nitrogen and oxygen atoms in total. The highest BCUT2D eigenvalue weighted by Gasteiger charge is 2.27. The molecular weight excluding hydrogens is 579 g/mol. The highest BCUT2D eigenvalue weighted by atomic mass is 127. The molecule has 30 heavy (non-hydrogen) atoms. The number of anilines is 1. The van der Waals surface area contributed by atoms with Gasteiger partial charge in [0.1, 0.15) is 0 Å². The van der Waals surface area contributed by atoms with Gasteiger partial charge in [0.05, 0.1) is 11.4 Å². The van der Waals surface area contributed by atoms with Gasteiger partial charge < -0.3 is 5.32 Å². The second-order valence-corrected chi connectivity index (χ2v) is 10.9. The van der Waals surface area contributed by atoms with Gasteiger partial charge in [-0.2, -0.15) is 4.31 Å². The number of sulfonamides is 1. The molecule has 1 amide bonds. The molecule has 0 aromatic heterocycles. The predicted octanol–water partition coefficient (Wildman–Crippen LogP) is 5.19. The van der Waals surface area contributed by atoms with E-state index >= 15 is 0 Å². The molecule has 0 radical (unpaired) electrons. The molecule has 0 heterocycles. The summed E-state index contributed by atoms with van der Waals surface area (Å²) in [6.45, 7) is 1.69. The first kappa shape index (κ1) is 22.9. The molecule has 0 unspecified atom stereocenters. The molecule has 0 aliphatic heterocycles. The summed E-state index contributed by atoms with van der Waals surface area (Å²) >= 11 is 5.56. The number of aryl methyl sites for hydroxylation is 1. The maximum absolute atomic E-state index is 13.3. The van der Waals surface area contributed by atoms with Gasteiger partial charge in [0.2, 0.25) is 15.9 Å². The van der Waals surface area contributed by atoms with Crippen molar-refractivity contribution in [2.45, 2.75) is 18.4 Å². The van der Waals surface area contributed by atoms with Crippen molar-refractivity contribution in [2.24, 2.45) is 0 Å². The van der Waals surface area contributed by atoms with Crippen LogP contribution in [0.25, 0.3) is 0 Å². The Morgan fingerprint density at radius 2 is 1.57 bits per heavy atom. The van der Waals surface area contributed by atoms with E-state index in [2.05, 4.69) is 43.8 Å². The Morgan fingerprint density at radius 3 is 2.17 bits per heavy atom. The third kappa shape index (κ3) is 6.13. The van der Waals surface area contributed by atoms with Crippen LogP contribution in [0.15, 0.2) is 82.2 Å². The minimum Gasteiger partial charge on any atom is -0.325 e. The standard InChI is InChI=1S/C22H20BrIN2O3S/c1-16-2-12-21(13-3-16)30(28,29)26(14-17-4-6-18(23)7-5-17)15-22(27)25-20-10-8-19(24)9-11-20/h2-13H,14-15H2,1H3,(H,25,27). The largest absolute Gasteiger partial charge is 0.325 e. The highest BCUT2D eigenvalue weighted by molar-refractivity contribution is 14.1. The maximum atomic E-state index is 13.3. The average molecular weight is 599 g/mol. The van der Waals surface area contributed by atoms with Crippen molar-refractivity contribution in [1.29, 1.82) is 0 Å². The van der Waals surface area contributed by atoms with Crippen LogP contribution in [0.5, 0.6) is 0 Å². The van der Waals surface area contributed by atoms with Crippen LogP contribution in [0.3, 0.4) is 0 Å². The quantitative estimate of drug-likeness (QED) is 0.381. The zero-order valence-corrected chi connectivity index (χ0v) is 20.7. The minimum absolute atomic E-state index is 0.0869. The predicted molar refractivity (Wildman–Crippen MR) is 131 cm³/mol. The number of nitrogens with one attached hydrogen (secondary N) is 1. The Labute approximate surface area is 198 Å². The second kappa shape index (κ2) is 10.0. The number of benzene rings is 3. The van der Waals surface area contributed by atoms with Gasteiger partial charge in [-0.15, -0.1) is 0 Å². The zero-order valence-electron chi connectivity index (χ0n) is 16.2. The van der Waals surface area contributed by atoms with Crippen LogP contribution < -0.4 is 5.32 Å². The highest BCUT2D eigenvalue weighted by Crippen LogP contribution is 2.20. The van der Waals surface area contributed by atoms with Gasteiger partial charge >= 0.3 is 0 Å². The van der Waals surface area contributed by atoms with Crippen LogP contribution >= 0.6 is 38.5 Å². The Balaban J connectivity index is 1.86. The van der Waals surface area contributed by atoms with E-state index in [0.717, 1.165) is 19.2 Å². The number of hydrogen-bond donors (Lipinski definition) is 1. The van der Waals surface area contributed by atoms with Crippen LogP contribution in [0.4, 0.5) is 5.69 Å². The van der Waals surface area contributed by atoms with Gasteiger partial charge in [-0.05, 0) is 83.6 Å². The van der Waals surface area contributed by atoms with Gasteiger partial charge in [-0.3, -0.25) is 4.79 Å². The summed E-state index contributed by atoms with van der Waals surface area (Å²) in [7, 11) is -3.86. The summed E-state index contributed by atoms with van der Waals surface area (Å²) in [5.74, 6) is -0.399. The molecule has 0 fully saturated rings. The van der Waals surface area contributed by atoms with Crippen LogP contribution in [0.2, 0.25) is 0 Å². The third-order valence-electron chi connectivity index (χ3n) is 4.38. The molecule has 0 bridgehead atoms. The number of nitrogens with zero attached hydrogens (tertiary/aromatic N) is 1. The monoisotopic (exact) mass is 598 g/mol. The molecule has 156 valence electrons. The van der Waals surface area contributed by atoms with Crippen LogP contribution in [-0.4, -0.2) is 25.2 Å². The van der Waals surface area contributed by atoms with Gasteiger partial charge in [-0.1, -0.05) is 45.8 Å². The number of halogens is 2. The maximum Gasteiger partial charge on any atom is 0.243 e. The SMILES string of the molecule is Cc1ccc(S(=O)(=O)N(CC(=O)Nc2ccc(I)cc2)Cc2ccc(Br)cc2)cc1. The Morgan fingerprint density at radius 1 is 0.967 bits per heavy atom. The summed E-state index contributed by atoms with van der Waals surface area (Å²) in [4.78, 5) is 12.8. The molecule has 0 spiro atoms. The van der Waals surface area contributed by atoms with Crippen LogP contribution in [0, 0.1) is 10.5 Å². The van der Waals surface area contributed by atoms with Crippen molar-refractivity contribution in [2.75, 3.05) is 11.9 Å². The summed E-state index contributed by atoms with van der Waals surface area (Å²) in [6.07, 6.45) is 0. The van der Waals surface area contributed by atoms with Crippen LogP contribution in [0.1, 0.15) is 11.1 Å². The number of rotatable bonds is 7. The lowest BCUT2D eigenvalue weighted by atomic mass is 10.2. The third-order valence-corrected chi connectivity index (χ3v) is 7.43. The lowest BCUT2D eigenvalue weighted by molar-refractivity contribution is -0.116.